The van der Waals surface area contributed by atoms with Gasteiger partial charge in [-0.15, -0.1) is 0 Å². The van der Waals surface area contributed by atoms with Gasteiger partial charge in [0.25, 0.3) is 0 Å². The van der Waals surface area contributed by atoms with E-state index in [4.69, 9.17) is 4.98 Å². The number of hydrogen-bond acceptors (Lipinski definition) is 4. The van der Waals surface area contributed by atoms with Gasteiger partial charge in [-0.05, 0) is 24.3 Å². The third-order valence-electron chi connectivity index (χ3n) is 4.55. The molecule has 5 nitrogen and oxygen atoms in total. The minimum atomic E-state index is -0.0625. The number of H-pyrrole nitrogens is 1. The third-order valence-corrected chi connectivity index (χ3v) is 4.55. The highest BCUT2D eigenvalue weighted by Gasteiger charge is 2.14. The normalized spacial score (nSPS) is 11.1. The molecule has 5 heteroatoms. The summed E-state index contributed by atoms with van der Waals surface area (Å²) in [7, 11) is 0. The van der Waals surface area contributed by atoms with E-state index in [1.807, 2.05) is 54.6 Å². The molecule has 0 saturated heterocycles. The number of hydrogen-bond donors (Lipinski definition) is 1. The maximum absolute atomic E-state index is 12.3. The number of rotatable bonds is 2. The molecule has 0 saturated carbocycles. The predicted octanol–water partition coefficient (Wildman–Crippen LogP) is 4.20. The van der Waals surface area contributed by atoms with Crippen molar-refractivity contribution < 1.29 is 0 Å². The Bertz CT molecular complexity index is 1340. The second-order valence-corrected chi connectivity index (χ2v) is 6.26. The average Bonchev–Trinajstić information content (AvgIpc) is 2.73. The van der Waals surface area contributed by atoms with Crippen LogP contribution >= 0.6 is 0 Å². The van der Waals surface area contributed by atoms with E-state index >= 15 is 0 Å². The van der Waals surface area contributed by atoms with E-state index in [1.54, 1.807) is 18.6 Å². The Labute approximate surface area is 154 Å². The quantitative estimate of drug-likeness (QED) is 0.518. The molecule has 0 aliphatic heterocycles. The molecular weight excluding hydrogens is 336 g/mol. The smallest absolute Gasteiger partial charge is 0.191 e. The maximum Gasteiger partial charge on any atom is 0.191 e. The van der Waals surface area contributed by atoms with Crippen LogP contribution in [0.5, 0.6) is 0 Å². The number of nitrogens with one attached hydrogen (secondary N) is 1. The monoisotopic (exact) mass is 350 g/mol. The Morgan fingerprint density at radius 2 is 1.74 bits per heavy atom. The molecule has 5 rings (SSSR count). The first-order chi connectivity index (χ1) is 13.3. The lowest BCUT2D eigenvalue weighted by atomic mass is 9.98. The summed E-state index contributed by atoms with van der Waals surface area (Å²) in [6.07, 6.45) is 5.12. The van der Waals surface area contributed by atoms with Gasteiger partial charge in [0.1, 0.15) is 5.65 Å². The van der Waals surface area contributed by atoms with Crippen molar-refractivity contribution in [1.82, 2.24) is 19.9 Å². The van der Waals surface area contributed by atoms with Gasteiger partial charge in [0.15, 0.2) is 11.1 Å². The second kappa shape index (κ2) is 6.14. The molecule has 4 aromatic heterocycles. The van der Waals surface area contributed by atoms with E-state index in [-0.39, 0.29) is 5.43 Å². The van der Waals surface area contributed by atoms with E-state index in [0.717, 1.165) is 27.8 Å². The molecule has 0 fully saturated rings. The minimum Gasteiger partial charge on any atom is -0.346 e. The highest BCUT2D eigenvalue weighted by Crippen LogP contribution is 2.32. The Morgan fingerprint density at radius 3 is 2.63 bits per heavy atom. The van der Waals surface area contributed by atoms with Gasteiger partial charge < -0.3 is 4.98 Å². The molecule has 1 aromatic carbocycles. The summed E-state index contributed by atoms with van der Waals surface area (Å²) < 4.78 is 0. The van der Waals surface area contributed by atoms with E-state index in [0.29, 0.717) is 16.7 Å². The largest absolute Gasteiger partial charge is 0.346 e. The van der Waals surface area contributed by atoms with Gasteiger partial charge in [0.05, 0.1) is 11.1 Å². The number of nitrogens with zero attached hydrogens (tertiary/aromatic N) is 3. The van der Waals surface area contributed by atoms with Gasteiger partial charge in [-0.1, -0.05) is 30.3 Å². The van der Waals surface area contributed by atoms with Crippen molar-refractivity contribution in [2.45, 2.75) is 0 Å². The Morgan fingerprint density at radius 1 is 0.852 bits per heavy atom. The number of benzene rings is 1. The lowest BCUT2D eigenvalue weighted by Gasteiger charge is -2.11. The van der Waals surface area contributed by atoms with E-state index < -0.39 is 0 Å². The van der Waals surface area contributed by atoms with Gasteiger partial charge >= 0.3 is 0 Å². The summed E-state index contributed by atoms with van der Waals surface area (Å²) in [6, 6.07) is 19.2. The number of aromatic amines is 1. The molecule has 0 amide bonds. The van der Waals surface area contributed by atoms with Gasteiger partial charge in [-0.2, -0.15) is 0 Å². The van der Waals surface area contributed by atoms with E-state index in [2.05, 4.69) is 15.0 Å². The first kappa shape index (κ1) is 15.4. The first-order valence-corrected chi connectivity index (χ1v) is 8.59. The minimum absolute atomic E-state index is 0.0625. The van der Waals surface area contributed by atoms with Crippen LogP contribution < -0.4 is 5.43 Å². The molecule has 128 valence electrons. The summed E-state index contributed by atoms with van der Waals surface area (Å²) in [5.74, 6) is 0. The molecule has 0 spiro atoms. The summed E-state index contributed by atoms with van der Waals surface area (Å²) in [6.45, 7) is 0. The van der Waals surface area contributed by atoms with Crippen molar-refractivity contribution in [3.8, 4) is 22.4 Å². The zero-order valence-electron chi connectivity index (χ0n) is 14.3. The summed E-state index contributed by atoms with van der Waals surface area (Å²) in [5.41, 5.74) is 4.73. The first-order valence-electron chi connectivity index (χ1n) is 8.59. The third kappa shape index (κ3) is 2.66. The highest BCUT2D eigenvalue weighted by atomic mass is 16.1. The lowest BCUT2D eigenvalue weighted by molar-refractivity contribution is 1.26. The summed E-state index contributed by atoms with van der Waals surface area (Å²) in [5, 5.41) is 1.49. The zero-order valence-corrected chi connectivity index (χ0v) is 14.3. The summed E-state index contributed by atoms with van der Waals surface area (Å²) >= 11 is 0. The van der Waals surface area contributed by atoms with Crippen molar-refractivity contribution >= 4 is 22.1 Å². The van der Waals surface area contributed by atoms with Crippen LogP contribution in [0.2, 0.25) is 0 Å². The Balaban J connectivity index is 1.85. The van der Waals surface area contributed by atoms with Crippen LogP contribution in [0, 0.1) is 0 Å². The van der Waals surface area contributed by atoms with E-state index in [9.17, 15) is 4.79 Å². The summed E-state index contributed by atoms with van der Waals surface area (Å²) in [4.78, 5) is 28.9. The zero-order chi connectivity index (χ0) is 18.2. The van der Waals surface area contributed by atoms with Crippen LogP contribution in [-0.4, -0.2) is 19.9 Å². The number of pyridine rings is 4. The Kier molecular flexibility index (Phi) is 3.50. The van der Waals surface area contributed by atoms with E-state index in [1.165, 1.54) is 6.07 Å². The second-order valence-electron chi connectivity index (χ2n) is 6.26. The molecule has 1 N–H and O–H groups in total. The van der Waals surface area contributed by atoms with Crippen molar-refractivity contribution in [1.29, 1.82) is 0 Å². The van der Waals surface area contributed by atoms with Crippen molar-refractivity contribution in [2.75, 3.05) is 0 Å². The fraction of sp³-hybridized carbons (Fsp3) is 0. The Hall–Kier alpha value is -3.86. The van der Waals surface area contributed by atoms with Crippen molar-refractivity contribution in [3.05, 3.63) is 89.5 Å². The number of aromatic nitrogens is 4. The van der Waals surface area contributed by atoms with Crippen LogP contribution in [0.15, 0.2) is 84.0 Å². The van der Waals surface area contributed by atoms with Crippen molar-refractivity contribution in [3.63, 3.8) is 0 Å². The van der Waals surface area contributed by atoms with Gasteiger partial charge in [0.2, 0.25) is 0 Å². The van der Waals surface area contributed by atoms with Gasteiger partial charge in [-0.3, -0.25) is 4.79 Å². The fourth-order valence-corrected chi connectivity index (χ4v) is 3.25. The van der Waals surface area contributed by atoms with Crippen LogP contribution in [0.1, 0.15) is 0 Å². The topological polar surface area (TPSA) is 71.5 Å². The molecule has 0 radical (unpaired) electrons. The highest BCUT2D eigenvalue weighted by molar-refractivity contribution is 5.92. The van der Waals surface area contributed by atoms with Gasteiger partial charge in [0, 0.05) is 46.7 Å². The maximum atomic E-state index is 12.3. The average molecular weight is 350 g/mol. The molecule has 27 heavy (non-hydrogen) atoms. The molecule has 5 aromatic rings. The molecular formula is C22H14N4O. The molecule has 0 aliphatic carbocycles. The van der Waals surface area contributed by atoms with Crippen LogP contribution in [0.25, 0.3) is 44.5 Å². The lowest BCUT2D eigenvalue weighted by Crippen LogP contribution is -2.03. The molecule has 4 heterocycles. The standard InChI is InChI=1S/C22H14N4O/c27-19-8-10-24-22-18(19)12-17(20(26-22)14-5-2-1-3-6-14)16-11-15-7-4-9-23-21(15)25-13-16/h1-13H,(H,24,26,27). The van der Waals surface area contributed by atoms with Gasteiger partial charge in [-0.25, -0.2) is 15.0 Å². The predicted molar refractivity (Wildman–Crippen MR) is 106 cm³/mol. The molecule has 0 bridgehead atoms. The SMILES string of the molecule is O=c1cc[nH]c2nc(-c3ccccc3)c(-c3cnc4ncccc4c3)cc12. The van der Waals surface area contributed by atoms with Crippen LogP contribution in [-0.2, 0) is 0 Å². The molecule has 0 atom stereocenters. The van der Waals surface area contributed by atoms with Crippen molar-refractivity contribution in [2.24, 2.45) is 0 Å². The molecule has 0 aliphatic rings. The van der Waals surface area contributed by atoms with Crippen LogP contribution in [0.3, 0.4) is 0 Å². The number of fused-ring (bicyclic) bond motifs is 2. The fourth-order valence-electron chi connectivity index (χ4n) is 3.25. The van der Waals surface area contributed by atoms with Crippen LogP contribution in [0.4, 0.5) is 0 Å². The molecule has 0 unspecified atom stereocenters.